The second kappa shape index (κ2) is 2.82. The van der Waals surface area contributed by atoms with Crippen LogP contribution in [0.2, 0.25) is 0 Å². The van der Waals surface area contributed by atoms with Crippen LogP contribution in [0.3, 0.4) is 0 Å². The fourth-order valence-electron chi connectivity index (χ4n) is 0.497. The number of nitrogen functional groups attached to an aromatic ring is 1. The lowest BCUT2D eigenvalue weighted by atomic mass is 10.6. The number of carbonyl (C=O) groups is 1. The van der Waals surface area contributed by atoms with Gasteiger partial charge in [0.2, 0.25) is 0 Å². The van der Waals surface area contributed by atoms with Crippen LogP contribution in [0.1, 0.15) is 0 Å². The first-order chi connectivity index (χ1) is 5.20. The third-order valence-corrected chi connectivity index (χ3v) is 0.875. The van der Waals surface area contributed by atoms with Crippen molar-refractivity contribution in [3.05, 3.63) is 12.4 Å². The highest BCUT2D eigenvalue weighted by atomic mass is 16.7. The lowest BCUT2D eigenvalue weighted by Gasteiger charge is -1.98. The Balaban J connectivity index is 2.86. The minimum absolute atomic E-state index is 0.0464. The number of hydrogen-bond donors (Lipinski definition) is 2. The number of nitrogens with zero attached hydrogens (tertiary/aromatic N) is 2. The van der Waals surface area contributed by atoms with Gasteiger partial charge in [0.1, 0.15) is 0 Å². The smallest absolute Gasteiger partial charge is 0.449 e. The Morgan fingerprint density at radius 2 is 2.18 bits per heavy atom. The van der Waals surface area contributed by atoms with E-state index in [-0.39, 0.29) is 11.7 Å². The first kappa shape index (κ1) is 7.26. The van der Waals surface area contributed by atoms with Gasteiger partial charge in [-0.1, -0.05) is 0 Å². The van der Waals surface area contributed by atoms with E-state index < -0.39 is 6.16 Å². The van der Waals surface area contributed by atoms with Crippen molar-refractivity contribution in [3.63, 3.8) is 0 Å². The zero-order valence-corrected chi connectivity index (χ0v) is 5.39. The van der Waals surface area contributed by atoms with Crippen LogP contribution >= 0.6 is 0 Å². The molecule has 1 aromatic rings. The molecule has 0 aromatic carbocycles. The Bertz CT molecular complexity index is 275. The summed E-state index contributed by atoms with van der Waals surface area (Å²) in [4.78, 5) is 17.1. The first-order valence-corrected chi connectivity index (χ1v) is 2.67. The van der Waals surface area contributed by atoms with E-state index in [0.29, 0.717) is 0 Å². The first-order valence-electron chi connectivity index (χ1n) is 2.67. The molecule has 0 spiro atoms. The molecule has 0 unspecified atom stereocenters. The van der Waals surface area contributed by atoms with Crippen molar-refractivity contribution >= 4 is 12.0 Å². The predicted octanol–water partition coefficient (Wildman–Crippen LogP) is 0.116. The number of aromatic nitrogens is 2. The van der Waals surface area contributed by atoms with Crippen molar-refractivity contribution < 1.29 is 14.6 Å². The summed E-state index contributed by atoms with van der Waals surface area (Å²) < 4.78 is 4.16. The van der Waals surface area contributed by atoms with Gasteiger partial charge in [-0.05, 0) is 0 Å². The molecule has 58 valence electrons. The Morgan fingerprint density at radius 3 is 2.73 bits per heavy atom. The standard InChI is InChI=1S/C5H5N3O3/c6-3-4(11-5(9)10)8-2-1-7-3/h1-2H,(H2,6,7)(H,9,10). The monoisotopic (exact) mass is 155 g/mol. The van der Waals surface area contributed by atoms with Crippen LogP contribution < -0.4 is 10.5 Å². The van der Waals surface area contributed by atoms with E-state index in [0.717, 1.165) is 0 Å². The number of carboxylic acid groups (broad SMARTS) is 1. The summed E-state index contributed by atoms with van der Waals surface area (Å²) in [7, 11) is 0. The molecule has 1 rings (SSSR count). The van der Waals surface area contributed by atoms with Crippen molar-refractivity contribution in [2.75, 3.05) is 5.73 Å². The molecule has 0 atom stereocenters. The van der Waals surface area contributed by atoms with Gasteiger partial charge in [-0.15, -0.1) is 0 Å². The molecule has 1 heterocycles. The van der Waals surface area contributed by atoms with Crippen molar-refractivity contribution in [1.82, 2.24) is 9.97 Å². The van der Waals surface area contributed by atoms with E-state index in [1.54, 1.807) is 0 Å². The van der Waals surface area contributed by atoms with Crippen molar-refractivity contribution in [2.45, 2.75) is 0 Å². The van der Waals surface area contributed by atoms with E-state index in [1.807, 2.05) is 0 Å². The highest BCUT2D eigenvalue weighted by Crippen LogP contribution is 2.12. The number of rotatable bonds is 1. The van der Waals surface area contributed by atoms with E-state index >= 15 is 0 Å². The largest absolute Gasteiger partial charge is 0.512 e. The molecule has 0 saturated carbocycles. The molecule has 3 N–H and O–H groups in total. The number of nitrogens with two attached hydrogens (primary N) is 1. The van der Waals surface area contributed by atoms with E-state index in [9.17, 15) is 4.79 Å². The van der Waals surface area contributed by atoms with Gasteiger partial charge in [0.15, 0.2) is 5.82 Å². The van der Waals surface area contributed by atoms with Crippen LogP contribution in [0.15, 0.2) is 12.4 Å². The number of ether oxygens (including phenoxy) is 1. The van der Waals surface area contributed by atoms with Gasteiger partial charge < -0.3 is 15.6 Å². The van der Waals surface area contributed by atoms with Gasteiger partial charge in [0.25, 0.3) is 5.88 Å². The zero-order valence-electron chi connectivity index (χ0n) is 5.39. The second-order valence-electron chi connectivity index (χ2n) is 1.61. The molecule has 0 bridgehead atoms. The third kappa shape index (κ3) is 1.78. The van der Waals surface area contributed by atoms with Crippen molar-refractivity contribution in [2.24, 2.45) is 0 Å². The minimum atomic E-state index is -1.46. The second-order valence-corrected chi connectivity index (χ2v) is 1.61. The van der Waals surface area contributed by atoms with Crippen LogP contribution in [-0.2, 0) is 0 Å². The normalized spacial score (nSPS) is 9.09. The van der Waals surface area contributed by atoms with Gasteiger partial charge in [0.05, 0.1) is 0 Å². The molecule has 0 aliphatic carbocycles. The minimum Gasteiger partial charge on any atom is -0.449 e. The fraction of sp³-hybridized carbons (Fsp3) is 0. The average Bonchev–Trinajstić information content (AvgIpc) is 1.93. The Kier molecular flexibility index (Phi) is 1.86. The van der Waals surface area contributed by atoms with Gasteiger partial charge in [-0.2, -0.15) is 0 Å². The maximum absolute atomic E-state index is 9.98. The maximum Gasteiger partial charge on any atom is 0.512 e. The fourth-order valence-corrected chi connectivity index (χ4v) is 0.497. The van der Waals surface area contributed by atoms with E-state index in [4.69, 9.17) is 10.8 Å². The topological polar surface area (TPSA) is 98.3 Å². The molecule has 0 aliphatic rings. The van der Waals surface area contributed by atoms with Crippen LogP contribution in [0.4, 0.5) is 10.6 Å². The highest BCUT2D eigenvalue weighted by molar-refractivity contribution is 5.62. The molecule has 0 radical (unpaired) electrons. The van der Waals surface area contributed by atoms with Crippen molar-refractivity contribution in [1.29, 1.82) is 0 Å². The molecule has 6 heteroatoms. The van der Waals surface area contributed by atoms with E-state index in [2.05, 4.69) is 14.7 Å². The van der Waals surface area contributed by atoms with E-state index in [1.165, 1.54) is 12.4 Å². The number of hydrogen-bond acceptors (Lipinski definition) is 5. The van der Waals surface area contributed by atoms with Gasteiger partial charge in [0, 0.05) is 12.4 Å². The third-order valence-electron chi connectivity index (χ3n) is 0.875. The van der Waals surface area contributed by atoms with Crippen LogP contribution in [0.25, 0.3) is 0 Å². The molecule has 0 aliphatic heterocycles. The molecule has 0 saturated heterocycles. The molecular weight excluding hydrogens is 150 g/mol. The highest BCUT2D eigenvalue weighted by Gasteiger charge is 2.05. The Morgan fingerprint density at radius 1 is 1.55 bits per heavy atom. The molecular formula is C5H5N3O3. The number of anilines is 1. The summed E-state index contributed by atoms with van der Waals surface area (Å²) in [6.07, 6.45) is 1.16. The lowest BCUT2D eigenvalue weighted by molar-refractivity contribution is 0.142. The average molecular weight is 155 g/mol. The van der Waals surface area contributed by atoms with Gasteiger partial charge >= 0.3 is 6.16 Å². The molecule has 0 amide bonds. The molecule has 6 nitrogen and oxygen atoms in total. The lowest BCUT2D eigenvalue weighted by Crippen LogP contribution is -2.07. The summed E-state index contributed by atoms with van der Waals surface area (Å²) in [6, 6.07) is 0. The van der Waals surface area contributed by atoms with Gasteiger partial charge in [-0.25, -0.2) is 14.8 Å². The summed E-state index contributed by atoms with van der Waals surface area (Å²) in [5, 5.41) is 8.15. The predicted molar refractivity (Wildman–Crippen MR) is 35.1 cm³/mol. The SMILES string of the molecule is Nc1nccnc1OC(=O)O. The molecule has 1 aromatic heterocycles. The van der Waals surface area contributed by atoms with Crippen LogP contribution in [-0.4, -0.2) is 21.2 Å². The summed E-state index contributed by atoms with van der Waals surface area (Å²) in [5.41, 5.74) is 5.21. The Hall–Kier alpha value is -1.85. The maximum atomic E-state index is 9.98. The summed E-state index contributed by atoms with van der Waals surface area (Å²) in [6.45, 7) is 0. The zero-order chi connectivity index (χ0) is 8.27. The molecule has 0 fully saturated rings. The molecule has 11 heavy (non-hydrogen) atoms. The summed E-state index contributed by atoms with van der Waals surface area (Å²) in [5.74, 6) is -0.241. The van der Waals surface area contributed by atoms with Crippen molar-refractivity contribution in [3.8, 4) is 5.88 Å². The van der Waals surface area contributed by atoms with Crippen LogP contribution in [0, 0.1) is 0 Å². The summed E-state index contributed by atoms with van der Waals surface area (Å²) >= 11 is 0. The quantitative estimate of drug-likeness (QED) is 0.558. The van der Waals surface area contributed by atoms with Gasteiger partial charge in [-0.3, -0.25) is 0 Å². The Labute approximate surface area is 61.6 Å². The van der Waals surface area contributed by atoms with Crippen LogP contribution in [0.5, 0.6) is 5.88 Å².